The van der Waals surface area contributed by atoms with Crippen LogP contribution in [0.3, 0.4) is 0 Å². The Bertz CT molecular complexity index is 1570. The molecule has 0 saturated carbocycles. The maximum absolute atomic E-state index is 13.6. The van der Waals surface area contributed by atoms with Gasteiger partial charge in [0.2, 0.25) is 15.9 Å². The summed E-state index contributed by atoms with van der Waals surface area (Å²) in [7, 11) is -6.81. The maximum Gasteiger partial charge on any atom is 0.264 e. The number of methoxy groups -OCH3 is 1. The number of hydrogen-bond donors (Lipinski definition) is 1. The Morgan fingerprint density at radius 2 is 1.61 bits per heavy atom. The number of anilines is 2. The maximum atomic E-state index is 13.6. The Labute approximate surface area is 239 Å². The van der Waals surface area contributed by atoms with Crippen molar-refractivity contribution in [1.29, 1.82) is 0 Å². The first kappa shape index (κ1) is 30.3. The molecule has 0 bridgehead atoms. The van der Waals surface area contributed by atoms with Crippen LogP contribution >= 0.6 is 0 Å². The Balaban J connectivity index is 1.62. The number of nitrogens with one attached hydrogen (secondary N) is 1. The van der Waals surface area contributed by atoms with Crippen molar-refractivity contribution in [3.63, 3.8) is 0 Å². The average Bonchev–Trinajstić information content (AvgIpc) is 2.97. The van der Waals surface area contributed by atoms with Crippen molar-refractivity contribution in [2.75, 3.05) is 43.0 Å². The molecule has 3 aromatic carbocycles. The number of hydrogen-bond acceptors (Lipinski definition) is 7. The molecule has 0 radical (unpaired) electrons. The lowest BCUT2D eigenvalue weighted by Gasteiger charge is -2.27. The molecule has 3 aromatic rings. The number of amides is 1. The summed E-state index contributed by atoms with van der Waals surface area (Å²) in [5.41, 5.74) is 0.211. The number of ether oxygens (including phenoxy) is 2. The van der Waals surface area contributed by atoms with E-state index in [1.165, 1.54) is 66.0 Å². The summed E-state index contributed by atoms with van der Waals surface area (Å²) in [6.45, 7) is 2.31. The van der Waals surface area contributed by atoms with Gasteiger partial charge in [-0.2, -0.15) is 4.31 Å². The Morgan fingerprint density at radius 3 is 2.22 bits per heavy atom. The van der Waals surface area contributed by atoms with Crippen LogP contribution in [0.5, 0.6) is 11.5 Å². The summed E-state index contributed by atoms with van der Waals surface area (Å²) >= 11 is 0. The van der Waals surface area contributed by atoms with Crippen molar-refractivity contribution in [1.82, 2.24) is 4.31 Å². The molecule has 220 valence electrons. The molecular weight excluding hydrogens is 573 g/mol. The van der Waals surface area contributed by atoms with Crippen LogP contribution in [0, 0.1) is 5.82 Å². The zero-order chi connectivity index (χ0) is 29.6. The highest BCUT2D eigenvalue weighted by Crippen LogP contribution is 2.31. The van der Waals surface area contributed by atoms with E-state index >= 15 is 0 Å². The third-order valence-electron chi connectivity index (χ3n) is 6.50. The standard InChI is InChI=1S/C28H32FN3O7S2/c1-3-39-24-12-14-25(15-13-24)40(34,35)32(23-10-7-21(29)8-11-23)20-28(33)30-22-9-16-26(38-2)27(19-22)41(36,37)31-17-5-4-6-18-31/h7-16,19H,3-6,17-18,20H2,1-2H3,(H,30,33). The predicted molar refractivity (Wildman–Crippen MR) is 153 cm³/mol. The number of rotatable bonds is 11. The van der Waals surface area contributed by atoms with E-state index in [-0.39, 0.29) is 26.9 Å². The van der Waals surface area contributed by atoms with Crippen molar-refractivity contribution in [2.24, 2.45) is 0 Å². The number of piperidine rings is 1. The fourth-order valence-electron chi connectivity index (χ4n) is 4.46. The van der Waals surface area contributed by atoms with Gasteiger partial charge in [0.25, 0.3) is 10.0 Å². The van der Waals surface area contributed by atoms with Gasteiger partial charge in [-0.3, -0.25) is 9.10 Å². The highest BCUT2D eigenvalue weighted by Gasteiger charge is 2.30. The molecule has 1 saturated heterocycles. The molecule has 13 heteroatoms. The van der Waals surface area contributed by atoms with Crippen LogP contribution in [0.15, 0.2) is 76.5 Å². The summed E-state index contributed by atoms with van der Waals surface area (Å²) < 4.78 is 80.5. The molecule has 0 atom stereocenters. The first-order chi connectivity index (χ1) is 19.6. The van der Waals surface area contributed by atoms with Gasteiger partial charge in [0.1, 0.15) is 28.8 Å². The third kappa shape index (κ3) is 6.97. The topological polar surface area (TPSA) is 122 Å². The second-order valence-corrected chi connectivity index (χ2v) is 13.0. The van der Waals surface area contributed by atoms with Crippen molar-refractivity contribution in [3.8, 4) is 11.5 Å². The fraction of sp³-hybridized carbons (Fsp3) is 0.321. The predicted octanol–water partition coefficient (Wildman–Crippen LogP) is 4.24. The lowest BCUT2D eigenvalue weighted by molar-refractivity contribution is -0.114. The highest BCUT2D eigenvalue weighted by atomic mass is 32.2. The molecule has 10 nitrogen and oxygen atoms in total. The first-order valence-corrected chi connectivity index (χ1v) is 15.9. The Kier molecular flexibility index (Phi) is 9.51. The number of nitrogens with zero attached hydrogens (tertiary/aromatic N) is 2. The molecule has 41 heavy (non-hydrogen) atoms. The van der Waals surface area contributed by atoms with Crippen molar-refractivity contribution in [2.45, 2.75) is 36.0 Å². The third-order valence-corrected chi connectivity index (χ3v) is 10.2. The van der Waals surface area contributed by atoms with E-state index in [0.29, 0.717) is 25.4 Å². The summed E-state index contributed by atoms with van der Waals surface area (Å²) in [5, 5.41) is 2.59. The zero-order valence-electron chi connectivity index (χ0n) is 22.7. The van der Waals surface area contributed by atoms with E-state index in [1.807, 2.05) is 0 Å². The molecule has 1 N–H and O–H groups in total. The molecule has 4 rings (SSSR count). The van der Waals surface area contributed by atoms with Gasteiger partial charge in [-0.25, -0.2) is 21.2 Å². The first-order valence-electron chi connectivity index (χ1n) is 13.1. The highest BCUT2D eigenvalue weighted by molar-refractivity contribution is 7.92. The largest absolute Gasteiger partial charge is 0.495 e. The minimum atomic E-state index is -4.27. The summed E-state index contributed by atoms with van der Waals surface area (Å²) in [6, 6.07) is 14.6. The minimum Gasteiger partial charge on any atom is -0.495 e. The van der Waals surface area contributed by atoms with Crippen LogP contribution in [-0.4, -0.2) is 60.4 Å². The van der Waals surface area contributed by atoms with Gasteiger partial charge in [0.05, 0.1) is 24.3 Å². The van der Waals surface area contributed by atoms with Gasteiger partial charge in [-0.15, -0.1) is 0 Å². The smallest absolute Gasteiger partial charge is 0.264 e. The van der Waals surface area contributed by atoms with Gasteiger partial charge >= 0.3 is 0 Å². The minimum absolute atomic E-state index is 0.0681. The van der Waals surface area contributed by atoms with E-state index in [2.05, 4.69) is 5.32 Å². The van der Waals surface area contributed by atoms with Crippen LogP contribution in [0.1, 0.15) is 26.2 Å². The molecule has 0 aliphatic carbocycles. The molecule has 1 aliphatic rings. The molecule has 1 fully saturated rings. The molecule has 1 amide bonds. The van der Waals surface area contributed by atoms with Gasteiger partial charge in [0.15, 0.2) is 0 Å². The number of carbonyl (C=O) groups excluding carboxylic acids is 1. The number of halogens is 1. The fourth-order valence-corrected chi connectivity index (χ4v) is 7.58. The van der Waals surface area contributed by atoms with Crippen LogP contribution < -0.4 is 19.1 Å². The lowest BCUT2D eigenvalue weighted by atomic mass is 10.2. The second kappa shape index (κ2) is 12.9. The van der Waals surface area contributed by atoms with E-state index in [1.54, 1.807) is 6.92 Å². The number of carbonyl (C=O) groups is 1. The van der Waals surface area contributed by atoms with E-state index in [0.717, 1.165) is 35.7 Å². The molecule has 0 unspecified atom stereocenters. The van der Waals surface area contributed by atoms with E-state index < -0.39 is 38.3 Å². The lowest BCUT2D eigenvalue weighted by Crippen LogP contribution is -2.38. The SMILES string of the molecule is CCOc1ccc(S(=O)(=O)N(CC(=O)Nc2ccc(OC)c(S(=O)(=O)N3CCCCC3)c2)c2ccc(F)cc2)cc1. The summed E-state index contributed by atoms with van der Waals surface area (Å²) in [6.07, 6.45) is 2.45. The molecule has 0 spiro atoms. The van der Waals surface area contributed by atoms with Gasteiger partial charge < -0.3 is 14.8 Å². The molecular formula is C28H32FN3O7S2. The molecule has 1 heterocycles. The van der Waals surface area contributed by atoms with Crippen LogP contribution in [-0.2, 0) is 24.8 Å². The van der Waals surface area contributed by atoms with Crippen LogP contribution in [0.2, 0.25) is 0 Å². The second-order valence-electron chi connectivity index (χ2n) is 9.27. The summed E-state index contributed by atoms with van der Waals surface area (Å²) in [5.74, 6) is -0.709. The quantitative estimate of drug-likeness (QED) is 0.347. The van der Waals surface area contributed by atoms with Crippen LogP contribution in [0.25, 0.3) is 0 Å². The van der Waals surface area contributed by atoms with Gasteiger partial charge in [-0.1, -0.05) is 6.42 Å². The Morgan fingerprint density at radius 1 is 0.951 bits per heavy atom. The van der Waals surface area contributed by atoms with Crippen molar-refractivity contribution in [3.05, 3.63) is 72.5 Å². The zero-order valence-corrected chi connectivity index (χ0v) is 24.4. The molecule has 1 aliphatic heterocycles. The van der Waals surface area contributed by atoms with Crippen molar-refractivity contribution < 1.29 is 35.5 Å². The summed E-state index contributed by atoms with van der Waals surface area (Å²) in [4.78, 5) is 13.0. The average molecular weight is 606 g/mol. The van der Waals surface area contributed by atoms with Crippen molar-refractivity contribution >= 4 is 37.3 Å². The number of sulfonamides is 2. The Hall–Kier alpha value is -3.68. The van der Waals surface area contributed by atoms with Gasteiger partial charge in [0, 0.05) is 18.8 Å². The molecule has 0 aromatic heterocycles. The van der Waals surface area contributed by atoms with Crippen LogP contribution in [0.4, 0.5) is 15.8 Å². The van der Waals surface area contributed by atoms with E-state index in [4.69, 9.17) is 9.47 Å². The number of benzene rings is 3. The monoisotopic (exact) mass is 605 g/mol. The van der Waals surface area contributed by atoms with Gasteiger partial charge in [-0.05, 0) is 86.5 Å². The normalized spacial score (nSPS) is 14.3. The van der Waals surface area contributed by atoms with E-state index in [9.17, 15) is 26.0 Å².